The third-order valence-electron chi connectivity index (χ3n) is 6.04. The van der Waals surface area contributed by atoms with Gasteiger partial charge in [-0.2, -0.15) is 5.10 Å². The molecule has 1 fully saturated rings. The summed E-state index contributed by atoms with van der Waals surface area (Å²) in [6, 6.07) is 12.1. The van der Waals surface area contributed by atoms with Gasteiger partial charge >= 0.3 is 0 Å². The van der Waals surface area contributed by atoms with Gasteiger partial charge in [0.25, 0.3) is 5.91 Å². The zero-order valence-corrected chi connectivity index (χ0v) is 19.3. The average molecular weight is 471 g/mol. The lowest BCUT2D eigenvalue weighted by Crippen LogP contribution is -2.22. The molecule has 3 heterocycles. The molecule has 6 rings (SSSR count). The minimum absolute atomic E-state index is 0.0616. The number of amides is 2. The predicted molar refractivity (Wildman–Crippen MR) is 133 cm³/mol. The summed E-state index contributed by atoms with van der Waals surface area (Å²) < 4.78 is 2.72. The monoisotopic (exact) mass is 470 g/mol. The first-order valence-corrected chi connectivity index (χ1v) is 11.9. The van der Waals surface area contributed by atoms with Gasteiger partial charge in [-0.3, -0.25) is 14.3 Å². The van der Waals surface area contributed by atoms with Crippen LogP contribution in [0.2, 0.25) is 0 Å². The second-order valence-electron chi connectivity index (χ2n) is 8.63. The van der Waals surface area contributed by atoms with Crippen LogP contribution in [0.5, 0.6) is 0 Å². The lowest BCUT2D eigenvalue weighted by Gasteiger charge is -2.05. The van der Waals surface area contributed by atoms with Crippen LogP contribution in [0.4, 0.5) is 5.13 Å². The number of nitrogens with one attached hydrogen (secondary N) is 3. The number of hydrogen-bond donors (Lipinski definition) is 3. The molecule has 9 heteroatoms. The number of aromatic nitrogens is 4. The van der Waals surface area contributed by atoms with Crippen molar-refractivity contribution in [3.05, 3.63) is 66.1 Å². The van der Waals surface area contributed by atoms with Gasteiger partial charge in [0.2, 0.25) is 5.91 Å². The van der Waals surface area contributed by atoms with Crippen molar-refractivity contribution < 1.29 is 9.59 Å². The Morgan fingerprint density at radius 1 is 1.18 bits per heavy atom. The second kappa shape index (κ2) is 8.11. The first-order valence-electron chi connectivity index (χ1n) is 11.1. The Labute approximate surface area is 199 Å². The van der Waals surface area contributed by atoms with Crippen LogP contribution in [0.15, 0.2) is 55.0 Å². The number of H-pyrrole nitrogens is 1. The van der Waals surface area contributed by atoms with E-state index in [2.05, 4.69) is 31.8 Å². The Morgan fingerprint density at radius 3 is 2.79 bits per heavy atom. The maximum Gasteiger partial charge on any atom is 0.253 e. The molecule has 0 radical (unpaired) electrons. The number of carbonyl (C=O) groups is 2. The van der Waals surface area contributed by atoms with Crippen molar-refractivity contribution in [3.63, 3.8) is 0 Å². The lowest BCUT2D eigenvalue weighted by atomic mass is 10.0. The van der Waals surface area contributed by atoms with E-state index < -0.39 is 0 Å². The normalized spacial score (nSPS) is 13.4. The van der Waals surface area contributed by atoms with Crippen molar-refractivity contribution in [3.8, 4) is 11.1 Å². The summed E-state index contributed by atoms with van der Waals surface area (Å²) in [5.41, 5.74) is 5.34. The molecule has 8 nitrogen and oxygen atoms in total. The van der Waals surface area contributed by atoms with E-state index in [1.807, 2.05) is 43.6 Å². The molecule has 34 heavy (non-hydrogen) atoms. The third-order valence-corrected chi connectivity index (χ3v) is 6.97. The van der Waals surface area contributed by atoms with Gasteiger partial charge < -0.3 is 15.6 Å². The van der Waals surface area contributed by atoms with Crippen LogP contribution in [0, 0.1) is 5.92 Å². The van der Waals surface area contributed by atoms with E-state index in [1.165, 1.54) is 11.3 Å². The van der Waals surface area contributed by atoms with Gasteiger partial charge in [-0.05, 0) is 48.2 Å². The number of thiazole rings is 1. The summed E-state index contributed by atoms with van der Waals surface area (Å²) in [5, 5.41) is 11.5. The van der Waals surface area contributed by atoms with Crippen LogP contribution in [-0.2, 0) is 18.4 Å². The molecule has 5 aromatic rings. The highest BCUT2D eigenvalue weighted by atomic mass is 32.1. The van der Waals surface area contributed by atoms with Gasteiger partial charge in [0.1, 0.15) is 0 Å². The zero-order valence-electron chi connectivity index (χ0n) is 18.5. The van der Waals surface area contributed by atoms with Crippen molar-refractivity contribution in [1.82, 2.24) is 25.1 Å². The highest BCUT2D eigenvalue weighted by molar-refractivity contribution is 7.22. The van der Waals surface area contributed by atoms with Crippen molar-refractivity contribution >= 4 is 49.4 Å². The minimum Gasteiger partial charge on any atom is -0.360 e. The fourth-order valence-corrected chi connectivity index (χ4v) is 4.95. The molecule has 0 unspecified atom stereocenters. The summed E-state index contributed by atoms with van der Waals surface area (Å²) in [4.78, 5) is 32.7. The van der Waals surface area contributed by atoms with Gasteiger partial charge in [-0.1, -0.05) is 23.5 Å². The fourth-order valence-electron chi connectivity index (χ4n) is 4.04. The number of benzene rings is 2. The van der Waals surface area contributed by atoms with E-state index in [4.69, 9.17) is 0 Å². The maximum absolute atomic E-state index is 12.9. The maximum atomic E-state index is 12.9. The van der Waals surface area contributed by atoms with Gasteiger partial charge in [-0.25, -0.2) is 4.98 Å². The molecular formula is C25H22N6O2S. The van der Waals surface area contributed by atoms with E-state index in [0.717, 1.165) is 50.7 Å². The van der Waals surface area contributed by atoms with Crippen LogP contribution in [0.3, 0.4) is 0 Å². The minimum atomic E-state index is -0.138. The van der Waals surface area contributed by atoms with E-state index in [0.29, 0.717) is 17.2 Å². The number of fused-ring (bicyclic) bond motifs is 2. The Balaban J connectivity index is 1.26. The van der Waals surface area contributed by atoms with E-state index >= 15 is 0 Å². The molecule has 2 aromatic carbocycles. The summed E-state index contributed by atoms with van der Waals surface area (Å²) in [6.07, 6.45) is 7.30. The van der Waals surface area contributed by atoms with Crippen LogP contribution in [0.25, 0.3) is 32.2 Å². The number of carbonyl (C=O) groups excluding carboxylic acids is 2. The number of aromatic amines is 1. The smallest absolute Gasteiger partial charge is 0.253 e. The summed E-state index contributed by atoms with van der Waals surface area (Å²) in [6.45, 7) is 0.417. The average Bonchev–Trinajstić information content (AvgIpc) is 3.28. The van der Waals surface area contributed by atoms with E-state index in [-0.39, 0.29) is 17.7 Å². The van der Waals surface area contributed by atoms with Crippen molar-refractivity contribution in [2.24, 2.45) is 13.0 Å². The fraction of sp³-hybridized carbons (Fsp3) is 0.200. The van der Waals surface area contributed by atoms with Crippen molar-refractivity contribution in [2.45, 2.75) is 19.4 Å². The topological polar surface area (TPSA) is 105 Å². The number of anilines is 1. The molecule has 1 aliphatic rings. The molecule has 0 bridgehead atoms. The Morgan fingerprint density at radius 2 is 2.00 bits per heavy atom. The van der Waals surface area contributed by atoms with Gasteiger partial charge in [0, 0.05) is 48.4 Å². The van der Waals surface area contributed by atoms with Gasteiger partial charge in [0.15, 0.2) is 5.13 Å². The van der Waals surface area contributed by atoms with Crippen LogP contribution >= 0.6 is 11.3 Å². The van der Waals surface area contributed by atoms with Gasteiger partial charge in [0.05, 0.1) is 22.0 Å². The molecule has 0 spiro atoms. The third kappa shape index (κ3) is 3.94. The number of aryl methyl sites for hydroxylation is 1. The first kappa shape index (κ1) is 20.6. The van der Waals surface area contributed by atoms with Crippen LogP contribution in [0.1, 0.15) is 28.8 Å². The molecule has 1 saturated carbocycles. The quantitative estimate of drug-likeness (QED) is 0.341. The molecule has 0 aliphatic heterocycles. The first-order chi connectivity index (χ1) is 16.5. The summed E-state index contributed by atoms with van der Waals surface area (Å²) >= 11 is 1.48. The number of rotatable bonds is 6. The SMILES string of the molecule is Cn1cc(CNC(=O)c2c[nH]c3ccc(-c4ccc5nc(NC(=O)C6CC6)sc5c4)cc23)cn1. The lowest BCUT2D eigenvalue weighted by molar-refractivity contribution is -0.117. The highest BCUT2D eigenvalue weighted by Gasteiger charge is 2.30. The predicted octanol–water partition coefficient (Wildman–Crippen LogP) is 4.46. The number of nitrogens with zero attached hydrogens (tertiary/aromatic N) is 3. The standard InChI is InChI=1S/C25H22N6O2S/c1-31-13-14(11-28-31)10-27-24(33)19-12-26-20-6-4-16(8-18(19)20)17-5-7-21-22(9-17)34-25(29-21)30-23(32)15-2-3-15/h4-9,11-13,15,26H,2-3,10H2,1H3,(H,27,33)(H,29,30,32). The Hall–Kier alpha value is -3.98. The molecule has 3 N–H and O–H groups in total. The number of hydrogen-bond acceptors (Lipinski definition) is 5. The highest BCUT2D eigenvalue weighted by Crippen LogP contribution is 2.34. The largest absolute Gasteiger partial charge is 0.360 e. The molecular weight excluding hydrogens is 448 g/mol. The van der Waals surface area contributed by atoms with Gasteiger partial charge in [-0.15, -0.1) is 0 Å². The van der Waals surface area contributed by atoms with E-state index in [1.54, 1.807) is 17.1 Å². The Kier molecular flexibility index (Phi) is 4.91. The van der Waals surface area contributed by atoms with Crippen LogP contribution < -0.4 is 10.6 Å². The molecule has 0 atom stereocenters. The summed E-state index contributed by atoms with van der Waals surface area (Å²) in [5.74, 6) is 0.0686. The van der Waals surface area contributed by atoms with Crippen LogP contribution in [-0.4, -0.2) is 31.6 Å². The molecule has 0 saturated heterocycles. The summed E-state index contributed by atoms with van der Waals surface area (Å²) in [7, 11) is 1.85. The van der Waals surface area contributed by atoms with Crippen molar-refractivity contribution in [1.29, 1.82) is 0 Å². The Bertz CT molecular complexity index is 1560. The molecule has 170 valence electrons. The van der Waals surface area contributed by atoms with Crippen molar-refractivity contribution in [2.75, 3.05) is 5.32 Å². The van der Waals surface area contributed by atoms with E-state index in [9.17, 15) is 9.59 Å². The zero-order chi connectivity index (χ0) is 23.2. The second-order valence-corrected chi connectivity index (χ2v) is 9.66. The molecule has 2 amide bonds. The molecule has 1 aliphatic carbocycles. The molecule has 3 aromatic heterocycles.